The van der Waals surface area contributed by atoms with Crippen molar-refractivity contribution in [2.45, 2.75) is 58.0 Å². The van der Waals surface area contributed by atoms with Gasteiger partial charge in [-0.25, -0.2) is 4.79 Å². The molecular weight excluding hydrogens is 382 g/mol. The number of hydrogen-bond donors (Lipinski definition) is 1. The van der Waals surface area contributed by atoms with Gasteiger partial charge in [0.2, 0.25) is 0 Å². The first-order chi connectivity index (χ1) is 14.4. The van der Waals surface area contributed by atoms with Gasteiger partial charge in [-0.1, -0.05) is 6.92 Å². The summed E-state index contributed by atoms with van der Waals surface area (Å²) in [5.41, 5.74) is 3.48. The molecule has 0 radical (unpaired) electrons. The molecule has 4 rings (SSSR count). The van der Waals surface area contributed by atoms with Crippen molar-refractivity contribution in [3.05, 3.63) is 46.3 Å². The molecule has 0 bridgehead atoms. The maximum atomic E-state index is 13.0. The van der Waals surface area contributed by atoms with Crippen molar-refractivity contribution in [3.8, 4) is 11.5 Å². The summed E-state index contributed by atoms with van der Waals surface area (Å²) < 4.78 is 16.6. The van der Waals surface area contributed by atoms with E-state index in [1.807, 2.05) is 25.1 Å². The molecule has 1 saturated carbocycles. The molecule has 1 fully saturated rings. The van der Waals surface area contributed by atoms with Crippen LogP contribution in [0.4, 0.5) is 0 Å². The summed E-state index contributed by atoms with van der Waals surface area (Å²) in [5.74, 6) is 1.46. The Bertz CT molecular complexity index is 976. The summed E-state index contributed by atoms with van der Waals surface area (Å²) in [5, 5.41) is 0. The average molecular weight is 411 g/mol. The standard InChI is InChI=1S/C24H29NO5/c1-13-6-5-7-20(13)30-24(27)23-14(2)22-18(25-23)10-15(11-19(22)26)17-12-16(28-3)8-9-21(17)29-4/h8-9,12-13,15,20,25H,5-7,10-11H2,1-4H3/t13-,15+,20+/m1/s1. The number of fused-ring (bicyclic) bond motifs is 1. The Hall–Kier alpha value is -2.76. The van der Waals surface area contributed by atoms with Crippen molar-refractivity contribution < 1.29 is 23.8 Å². The molecule has 160 valence electrons. The number of nitrogens with one attached hydrogen (secondary N) is 1. The second-order valence-electron chi connectivity index (χ2n) is 8.47. The fourth-order valence-electron chi connectivity index (χ4n) is 4.90. The molecule has 2 aliphatic rings. The van der Waals surface area contributed by atoms with Crippen LogP contribution < -0.4 is 9.47 Å². The number of ether oxygens (including phenoxy) is 3. The minimum Gasteiger partial charge on any atom is -0.497 e. The molecule has 3 atom stereocenters. The molecule has 1 heterocycles. The van der Waals surface area contributed by atoms with Gasteiger partial charge >= 0.3 is 5.97 Å². The smallest absolute Gasteiger partial charge is 0.355 e. The van der Waals surface area contributed by atoms with E-state index >= 15 is 0 Å². The quantitative estimate of drug-likeness (QED) is 0.728. The molecule has 6 nitrogen and oxygen atoms in total. The second-order valence-corrected chi connectivity index (χ2v) is 8.47. The van der Waals surface area contributed by atoms with E-state index in [1.54, 1.807) is 14.2 Å². The molecule has 6 heteroatoms. The van der Waals surface area contributed by atoms with Crippen LogP contribution in [-0.4, -0.2) is 37.1 Å². The Morgan fingerprint density at radius 1 is 1.13 bits per heavy atom. The first-order valence-corrected chi connectivity index (χ1v) is 10.6. The van der Waals surface area contributed by atoms with Gasteiger partial charge in [-0.15, -0.1) is 0 Å². The molecule has 1 aromatic heterocycles. The van der Waals surface area contributed by atoms with Crippen molar-refractivity contribution >= 4 is 11.8 Å². The Morgan fingerprint density at radius 2 is 1.93 bits per heavy atom. The third kappa shape index (κ3) is 3.59. The second kappa shape index (κ2) is 8.17. The van der Waals surface area contributed by atoms with Crippen LogP contribution >= 0.6 is 0 Å². The lowest BCUT2D eigenvalue weighted by Gasteiger charge is -2.24. The Balaban J connectivity index is 1.62. The van der Waals surface area contributed by atoms with E-state index in [0.717, 1.165) is 42.0 Å². The van der Waals surface area contributed by atoms with Crippen LogP contribution in [0.2, 0.25) is 0 Å². The SMILES string of the molecule is COc1ccc(OC)c([C@@H]2CC(=O)c3c([nH]c(C(=O)O[C@H]4CCC[C@H]4C)c3C)C2)c1. The normalized spacial score (nSPS) is 23.2. The highest BCUT2D eigenvalue weighted by Crippen LogP contribution is 2.40. The number of aromatic amines is 1. The molecule has 2 aromatic rings. The number of benzene rings is 1. The first kappa shape index (κ1) is 20.5. The summed E-state index contributed by atoms with van der Waals surface area (Å²) in [7, 11) is 3.24. The number of esters is 1. The van der Waals surface area contributed by atoms with Gasteiger partial charge in [-0.3, -0.25) is 4.79 Å². The van der Waals surface area contributed by atoms with E-state index in [-0.39, 0.29) is 23.8 Å². The van der Waals surface area contributed by atoms with E-state index in [0.29, 0.717) is 35.6 Å². The molecule has 0 saturated heterocycles. The van der Waals surface area contributed by atoms with Crippen LogP contribution in [0.5, 0.6) is 11.5 Å². The number of carbonyl (C=O) groups excluding carboxylic acids is 2. The minimum atomic E-state index is -0.357. The maximum Gasteiger partial charge on any atom is 0.355 e. The summed E-state index contributed by atoms with van der Waals surface area (Å²) in [4.78, 5) is 29.1. The van der Waals surface area contributed by atoms with Gasteiger partial charge in [0.1, 0.15) is 23.3 Å². The predicted molar refractivity (Wildman–Crippen MR) is 113 cm³/mol. The number of Topliss-reactive ketones (excluding diaryl/α,β-unsaturated/α-hetero) is 1. The third-order valence-electron chi connectivity index (χ3n) is 6.61. The lowest BCUT2D eigenvalue weighted by Crippen LogP contribution is -2.21. The zero-order chi connectivity index (χ0) is 21.4. The van der Waals surface area contributed by atoms with Gasteiger partial charge in [0, 0.05) is 29.2 Å². The number of rotatable bonds is 5. The van der Waals surface area contributed by atoms with Crippen molar-refractivity contribution in [2.75, 3.05) is 14.2 Å². The lowest BCUT2D eigenvalue weighted by molar-refractivity contribution is 0.0219. The summed E-state index contributed by atoms with van der Waals surface area (Å²) >= 11 is 0. The van der Waals surface area contributed by atoms with Crippen LogP contribution in [0.25, 0.3) is 0 Å². The molecular formula is C24H29NO5. The fraction of sp³-hybridized carbons (Fsp3) is 0.500. The van der Waals surface area contributed by atoms with Gasteiger partial charge in [-0.2, -0.15) is 0 Å². The zero-order valence-electron chi connectivity index (χ0n) is 18.0. The van der Waals surface area contributed by atoms with Gasteiger partial charge in [0.15, 0.2) is 5.78 Å². The largest absolute Gasteiger partial charge is 0.497 e. The number of H-pyrrole nitrogens is 1. The number of hydrogen-bond acceptors (Lipinski definition) is 5. The molecule has 0 spiro atoms. The van der Waals surface area contributed by atoms with Gasteiger partial charge in [0.05, 0.1) is 14.2 Å². The van der Waals surface area contributed by atoms with E-state index < -0.39 is 0 Å². The Morgan fingerprint density at radius 3 is 2.60 bits per heavy atom. The molecule has 0 aliphatic heterocycles. The average Bonchev–Trinajstić information content (AvgIpc) is 3.30. The minimum absolute atomic E-state index is 0.0353. The number of ketones is 1. The molecule has 1 aromatic carbocycles. The number of methoxy groups -OCH3 is 2. The van der Waals surface area contributed by atoms with Crippen molar-refractivity contribution in [2.24, 2.45) is 5.92 Å². The highest BCUT2D eigenvalue weighted by atomic mass is 16.5. The summed E-state index contributed by atoms with van der Waals surface area (Å²) in [6.07, 6.45) is 4.02. The third-order valence-corrected chi connectivity index (χ3v) is 6.61. The van der Waals surface area contributed by atoms with Crippen LogP contribution in [0.1, 0.15) is 76.2 Å². The molecule has 2 aliphatic carbocycles. The van der Waals surface area contributed by atoms with E-state index in [1.165, 1.54) is 0 Å². The van der Waals surface area contributed by atoms with Crippen LogP contribution in [0.3, 0.4) is 0 Å². The highest BCUT2D eigenvalue weighted by molar-refractivity contribution is 6.03. The van der Waals surface area contributed by atoms with Crippen molar-refractivity contribution in [3.63, 3.8) is 0 Å². The fourth-order valence-corrected chi connectivity index (χ4v) is 4.90. The molecule has 0 amide bonds. The highest BCUT2D eigenvalue weighted by Gasteiger charge is 2.35. The van der Waals surface area contributed by atoms with E-state index in [2.05, 4.69) is 11.9 Å². The molecule has 1 N–H and O–H groups in total. The monoisotopic (exact) mass is 411 g/mol. The topological polar surface area (TPSA) is 77.6 Å². The van der Waals surface area contributed by atoms with Crippen molar-refractivity contribution in [1.82, 2.24) is 4.98 Å². The summed E-state index contributed by atoms with van der Waals surface area (Å²) in [6, 6.07) is 5.63. The number of aromatic nitrogens is 1. The van der Waals surface area contributed by atoms with Crippen molar-refractivity contribution in [1.29, 1.82) is 0 Å². The van der Waals surface area contributed by atoms with Crippen LogP contribution in [0, 0.1) is 12.8 Å². The maximum absolute atomic E-state index is 13.0. The lowest BCUT2D eigenvalue weighted by atomic mass is 9.81. The summed E-state index contributed by atoms with van der Waals surface area (Å²) in [6.45, 7) is 3.95. The van der Waals surface area contributed by atoms with Gasteiger partial charge in [0.25, 0.3) is 0 Å². The molecule has 30 heavy (non-hydrogen) atoms. The Labute approximate surface area is 176 Å². The zero-order valence-corrected chi connectivity index (χ0v) is 18.0. The van der Waals surface area contributed by atoms with E-state index in [9.17, 15) is 9.59 Å². The van der Waals surface area contributed by atoms with Crippen LogP contribution in [0.15, 0.2) is 18.2 Å². The molecule has 0 unspecified atom stereocenters. The van der Waals surface area contributed by atoms with Crippen LogP contribution in [-0.2, 0) is 11.2 Å². The number of carbonyl (C=O) groups is 2. The first-order valence-electron chi connectivity index (χ1n) is 10.6. The van der Waals surface area contributed by atoms with Gasteiger partial charge in [-0.05, 0) is 62.3 Å². The Kier molecular flexibility index (Phi) is 5.58. The van der Waals surface area contributed by atoms with E-state index in [4.69, 9.17) is 14.2 Å². The predicted octanol–water partition coefficient (Wildman–Crippen LogP) is 4.60. The van der Waals surface area contributed by atoms with Gasteiger partial charge < -0.3 is 19.2 Å².